The minimum absolute atomic E-state index is 0.157. The van der Waals surface area contributed by atoms with Gasteiger partial charge in [0.1, 0.15) is 28.9 Å². The van der Waals surface area contributed by atoms with Crippen molar-refractivity contribution in [2.75, 3.05) is 19.7 Å². The van der Waals surface area contributed by atoms with Crippen molar-refractivity contribution in [1.29, 1.82) is 0 Å². The summed E-state index contributed by atoms with van der Waals surface area (Å²) in [7, 11) is 0. The van der Waals surface area contributed by atoms with Crippen LogP contribution in [-0.2, 0) is 18.5 Å². The van der Waals surface area contributed by atoms with Crippen LogP contribution in [0.3, 0.4) is 0 Å². The average molecular weight is 416 g/mol. The summed E-state index contributed by atoms with van der Waals surface area (Å²) in [5, 5.41) is 3.88. The summed E-state index contributed by atoms with van der Waals surface area (Å²) in [5.74, 6) is 0.510. The number of carbonyl (C=O) groups excluding carboxylic acids is 2. The average Bonchev–Trinajstić information content (AvgIpc) is 3.51. The molecule has 2 amide bonds. The summed E-state index contributed by atoms with van der Waals surface area (Å²) in [5.41, 5.74) is 3.29. The lowest BCUT2D eigenvalue weighted by Crippen LogP contribution is -2.58. The van der Waals surface area contributed by atoms with Crippen LogP contribution < -0.4 is 4.74 Å². The largest absolute Gasteiger partial charge is 0.493 e. The number of carbonyl (C=O) groups is 2. The molecule has 8 nitrogen and oxygen atoms in total. The SMILES string of the molecule is Cc1nocc1C(=O)N1CCN2C(=O)c3ncccc3CC12c1ccc2c(c1)CCO2. The van der Waals surface area contributed by atoms with Crippen LogP contribution >= 0.6 is 0 Å². The zero-order valence-electron chi connectivity index (χ0n) is 17.0. The van der Waals surface area contributed by atoms with Crippen LogP contribution in [0.4, 0.5) is 0 Å². The minimum atomic E-state index is -0.939. The van der Waals surface area contributed by atoms with Gasteiger partial charge >= 0.3 is 0 Å². The molecule has 1 aromatic carbocycles. The Morgan fingerprint density at radius 1 is 1.19 bits per heavy atom. The predicted octanol–water partition coefficient (Wildman–Crippen LogP) is 2.32. The van der Waals surface area contributed by atoms with E-state index in [0.717, 1.165) is 28.9 Å². The number of hydrogen-bond donors (Lipinski definition) is 0. The fraction of sp³-hybridized carbons (Fsp3) is 0.304. The number of aryl methyl sites for hydroxylation is 1. The third kappa shape index (κ3) is 2.41. The van der Waals surface area contributed by atoms with E-state index >= 15 is 0 Å². The van der Waals surface area contributed by atoms with E-state index in [1.165, 1.54) is 6.26 Å². The lowest BCUT2D eigenvalue weighted by atomic mass is 9.84. The highest BCUT2D eigenvalue weighted by atomic mass is 16.5. The molecular weight excluding hydrogens is 396 g/mol. The molecule has 1 saturated heterocycles. The van der Waals surface area contributed by atoms with Gasteiger partial charge in [0.25, 0.3) is 11.8 Å². The van der Waals surface area contributed by atoms with Crippen LogP contribution in [0.2, 0.25) is 0 Å². The van der Waals surface area contributed by atoms with E-state index in [2.05, 4.69) is 16.2 Å². The predicted molar refractivity (Wildman–Crippen MR) is 109 cm³/mol. The molecule has 1 atom stereocenters. The Bertz CT molecular complexity index is 1240. The maximum Gasteiger partial charge on any atom is 0.274 e. The van der Waals surface area contributed by atoms with Crippen LogP contribution in [0, 0.1) is 6.92 Å². The Balaban J connectivity index is 1.56. The Morgan fingerprint density at radius 2 is 2.10 bits per heavy atom. The molecule has 5 heterocycles. The molecule has 2 aromatic heterocycles. The van der Waals surface area contributed by atoms with Crippen molar-refractivity contribution >= 4 is 11.8 Å². The van der Waals surface area contributed by atoms with Gasteiger partial charge in [0.15, 0.2) is 0 Å². The van der Waals surface area contributed by atoms with Crippen molar-refractivity contribution in [2.45, 2.75) is 25.4 Å². The number of fused-ring (bicyclic) bond motifs is 3. The van der Waals surface area contributed by atoms with Crippen molar-refractivity contribution in [3.63, 3.8) is 0 Å². The molecule has 1 unspecified atom stereocenters. The fourth-order valence-corrected chi connectivity index (χ4v) is 5.11. The zero-order chi connectivity index (χ0) is 21.2. The Hall–Kier alpha value is -3.68. The van der Waals surface area contributed by atoms with E-state index in [0.29, 0.717) is 43.1 Å². The van der Waals surface area contributed by atoms with Gasteiger partial charge in [0.2, 0.25) is 0 Å². The number of nitrogens with zero attached hydrogens (tertiary/aromatic N) is 4. The Kier molecular flexibility index (Phi) is 3.74. The lowest BCUT2D eigenvalue weighted by Gasteiger charge is -2.47. The number of hydrogen-bond acceptors (Lipinski definition) is 6. The summed E-state index contributed by atoms with van der Waals surface area (Å²) >= 11 is 0. The summed E-state index contributed by atoms with van der Waals surface area (Å²) in [6.07, 6.45) is 4.29. The van der Waals surface area contributed by atoms with Crippen LogP contribution in [0.5, 0.6) is 5.75 Å². The first-order valence-electron chi connectivity index (χ1n) is 10.3. The monoisotopic (exact) mass is 416 g/mol. The van der Waals surface area contributed by atoms with Crippen molar-refractivity contribution in [3.05, 3.63) is 76.4 Å². The summed E-state index contributed by atoms with van der Waals surface area (Å²) < 4.78 is 10.7. The molecule has 0 radical (unpaired) electrons. The smallest absolute Gasteiger partial charge is 0.274 e. The molecule has 0 saturated carbocycles. The van der Waals surface area contributed by atoms with E-state index < -0.39 is 5.66 Å². The van der Waals surface area contributed by atoms with E-state index in [4.69, 9.17) is 9.26 Å². The second kappa shape index (κ2) is 6.41. The number of pyridine rings is 1. The minimum Gasteiger partial charge on any atom is -0.493 e. The van der Waals surface area contributed by atoms with Crippen molar-refractivity contribution in [1.82, 2.24) is 19.9 Å². The molecule has 8 heteroatoms. The van der Waals surface area contributed by atoms with Gasteiger partial charge in [-0.05, 0) is 41.8 Å². The number of benzene rings is 1. The lowest BCUT2D eigenvalue weighted by molar-refractivity contribution is 0.00706. The maximum absolute atomic E-state index is 13.7. The van der Waals surface area contributed by atoms with Crippen LogP contribution in [-0.4, -0.2) is 51.5 Å². The molecule has 0 aliphatic carbocycles. The van der Waals surface area contributed by atoms with Crippen LogP contribution in [0.25, 0.3) is 0 Å². The summed E-state index contributed by atoms with van der Waals surface area (Å²) in [6.45, 7) is 3.23. The molecule has 3 aliphatic heterocycles. The van der Waals surface area contributed by atoms with Crippen LogP contribution in [0.1, 0.15) is 43.2 Å². The molecule has 156 valence electrons. The second-order valence-electron chi connectivity index (χ2n) is 8.15. The standard InChI is InChI=1S/C23H20N4O4/c1-14-18(13-31-25-14)21(28)26-8-9-27-22(29)20-16(3-2-7-24-20)12-23(26,27)17-4-5-19-15(11-17)6-10-30-19/h2-5,7,11,13H,6,8-10,12H2,1H3. The molecule has 0 bridgehead atoms. The van der Waals surface area contributed by atoms with Crippen molar-refractivity contribution in [2.24, 2.45) is 0 Å². The summed E-state index contributed by atoms with van der Waals surface area (Å²) in [4.78, 5) is 35.1. The van der Waals surface area contributed by atoms with Gasteiger partial charge < -0.3 is 19.1 Å². The Morgan fingerprint density at radius 3 is 2.94 bits per heavy atom. The molecule has 0 N–H and O–H groups in total. The van der Waals surface area contributed by atoms with Gasteiger partial charge in [-0.3, -0.25) is 14.6 Å². The number of amides is 2. The summed E-state index contributed by atoms with van der Waals surface area (Å²) in [6, 6.07) is 9.74. The van der Waals surface area contributed by atoms with Gasteiger partial charge in [0, 0.05) is 32.1 Å². The fourth-order valence-electron chi connectivity index (χ4n) is 5.11. The van der Waals surface area contributed by atoms with Gasteiger partial charge in [-0.15, -0.1) is 0 Å². The molecule has 31 heavy (non-hydrogen) atoms. The molecule has 6 rings (SSSR count). The second-order valence-corrected chi connectivity index (χ2v) is 8.15. The van der Waals surface area contributed by atoms with E-state index in [-0.39, 0.29) is 11.8 Å². The highest BCUT2D eigenvalue weighted by molar-refractivity contribution is 5.99. The number of aromatic nitrogens is 2. The molecule has 3 aromatic rings. The highest BCUT2D eigenvalue weighted by Gasteiger charge is 2.56. The third-order valence-electron chi connectivity index (χ3n) is 6.59. The topological polar surface area (TPSA) is 88.8 Å². The zero-order valence-corrected chi connectivity index (χ0v) is 17.0. The van der Waals surface area contributed by atoms with Crippen molar-refractivity contribution in [3.8, 4) is 5.75 Å². The number of rotatable bonds is 2. The van der Waals surface area contributed by atoms with Gasteiger partial charge in [0.05, 0.1) is 12.3 Å². The maximum atomic E-state index is 13.7. The molecular formula is C23H20N4O4. The van der Waals surface area contributed by atoms with Gasteiger partial charge in [-0.2, -0.15) is 0 Å². The first-order valence-corrected chi connectivity index (χ1v) is 10.3. The van der Waals surface area contributed by atoms with Gasteiger partial charge in [-0.1, -0.05) is 17.3 Å². The third-order valence-corrected chi connectivity index (χ3v) is 6.59. The van der Waals surface area contributed by atoms with Gasteiger partial charge in [-0.25, -0.2) is 0 Å². The number of ether oxygens (including phenoxy) is 1. The van der Waals surface area contributed by atoms with E-state index in [1.54, 1.807) is 22.9 Å². The highest BCUT2D eigenvalue weighted by Crippen LogP contribution is 2.46. The first-order chi connectivity index (χ1) is 15.1. The first kappa shape index (κ1) is 18.1. The molecule has 3 aliphatic rings. The van der Waals surface area contributed by atoms with E-state index in [1.807, 2.05) is 24.3 Å². The van der Waals surface area contributed by atoms with E-state index in [9.17, 15) is 9.59 Å². The quantitative estimate of drug-likeness (QED) is 0.637. The van der Waals surface area contributed by atoms with Crippen molar-refractivity contribution < 1.29 is 18.8 Å². The normalized spacial score (nSPS) is 21.5. The van der Waals surface area contributed by atoms with Crippen LogP contribution in [0.15, 0.2) is 47.3 Å². The molecule has 1 fully saturated rings. The molecule has 0 spiro atoms. The Labute approximate surface area is 178 Å².